The summed E-state index contributed by atoms with van der Waals surface area (Å²) >= 11 is 0. The number of hydrogen-bond donors (Lipinski definition) is 3. The predicted octanol–water partition coefficient (Wildman–Crippen LogP) is 4.27. The fourth-order valence-electron chi connectivity index (χ4n) is 5.72. The van der Waals surface area contributed by atoms with Crippen LogP contribution in [0.25, 0.3) is 17.2 Å². The minimum absolute atomic E-state index is 0.0469. The number of anilines is 1. The van der Waals surface area contributed by atoms with Crippen LogP contribution < -0.4 is 10.6 Å². The molecule has 1 aliphatic heterocycles. The molecule has 0 spiro atoms. The van der Waals surface area contributed by atoms with Gasteiger partial charge < -0.3 is 29.2 Å². The van der Waals surface area contributed by atoms with E-state index in [1.165, 1.54) is 6.33 Å². The summed E-state index contributed by atoms with van der Waals surface area (Å²) in [4.78, 5) is 37.0. The summed E-state index contributed by atoms with van der Waals surface area (Å²) in [6, 6.07) is 16.2. The second kappa shape index (κ2) is 12.7. The van der Waals surface area contributed by atoms with Crippen molar-refractivity contribution in [3.63, 3.8) is 0 Å². The number of benzene rings is 2. The normalized spacial score (nSPS) is 23.0. The van der Waals surface area contributed by atoms with Crippen molar-refractivity contribution in [3.8, 4) is 0 Å². The van der Waals surface area contributed by atoms with Crippen LogP contribution in [0.15, 0.2) is 73.3 Å². The molecule has 222 valence electrons. The molecule has 2 aliphatic rings. The fraction of sp³-hybridized carbons (Fsp3) is 0.323. The predicted molar refractivity (Wildman–Crippen MR) is 157 cm³/mol. The third-order valence-corrected chi connectivity index (χ3v) is 7.66. The molecule has 1 aliphatic carbocycles. The molecule has 3 heterocycles. The second-order valence-corrected chi connectivity index (χ2v) is 10.4. The van der Waals surface area contributed by atoms with Gasteiger partial charge in [-0.2, -0.15) is 0 Å². The Morgan fingerprint density at radius 3 is 2.67 bits per heavy atom. The van der Waals surface area contributed by atoms with Crippen LogP contribution in [0.2, 0.25) is 0 Å². The van der Waals surface area contributed by atoms with Crippen molar-refractivity contribution in [2.24, 2.45) is 5.92 Å². The number of aromatic nitrogens is 4. The maximum atomic E-state index is 12.2. The van der Waals surface area contributed by atoms with Crippen LogP contribution in [-0.2, 0) is 20.8 Å². The number of urea groups is 1. The first-order chi connectivity index (χ1) is 21.0. The molecule has 1 saturated carbocycles. The van der Waals surface area contributed by atoms with E-state index >= 15 is 0 Å². The highest BCUT2D eigenvalue weighted by atomic mass is 16.7. The van der Waals surface area contributed by atoms with Crippen LogP contribution in [0.3, 0.4) is 0 Å². The van der Waals surface area contributed by atoms with Gasteiger partial charge in [-0.05, 0) is 36.6 Å². The zero-order chi connectivity index (χ0) is 29.8. The van der Waals surface area contributed by atoms with Crippen LogP contribution in [-0.4, -0.2) is 68.3 Å². The largest absolute Gasteiger partial charge is 0.478 e. The van der Waals surface area contributed by atoms with Crippen LogP contribution in [0.5, 0.6) is 0 Å². The number of fused-ring (bicyclic) bond motifs is 2. The Bertz CT molecular complexity index is 1630. The standard InChI is InChI=1S/C31H32N6O6/c1-2-32-31(40)36-28-25-29(34-17-33-28)37(18-35-25)23-14-21(16-41-15-20-10-6-7-11-22(20)30(38)39)26-27(23)43-24(42-26)13-12-19-8-4-3-5-9-19/h3-13,17-18,21,23-24,26-27H,2,14-16H2,1H3,(H,38,39)(H2,32,33,34,36,40)/t21?,23?,24-,26-,27?/m1/s1. The molecule has 3 N–H and O–H groups in total. The van der Waals surface area contributed by atoms with Gasteiger partial charge in [-0.25, -0.2) is 24.5 Å². The molecule has 1 saturated heterocycles. The third kappa shape index (κ3) is 6.12. The topological polar surface area (TPSA) is 150 Å². The molecule has 2 aromatic carbocycles. The van der Waals surface area contributed by atoms with E-state index in [1.807, 2.05) is 54.0 Å². The van der Waals surface area contributed by atoms with Gasteiger partial charge in [0.1, 0.15) is 12.4 Å². The number of aromatic carboxylic acids is 1. The van der Waals surface area contributed by atoms with Crippen LogP contribution >= 0.6 is 0 Å². The number of hydrogen-bond acceptors (Lipinski definition) is 8. The molecule has 6 rings (SSSR count). The molecule has 3 unspecified atom stereocenters. The summed E-state index contributed by atoms with van der Waals surface area (Å²) in [6.45, 7) is 2.81. The van der Waals surface area contributed by atoms with E-state index in [-0.39, 0.29) is 42.4 Å². The van der Waals surface area contributed by atoms with E-state index in [1.54, 1.807) is 30.6 Å². The monoisotopic (exact) mass is 584 g/mol. The van der Waals surface area contributed by atoms with Crippen molar-refractivity contribution in [1.29, 1.82) is 0 Å². The Balaban J connectivity index is 1.24. The average molecular weight is 585 g/mol. The van der Waals surface area contributed by atoms with Crippen LogP contribution in [0.4, 0.5) is 10.6 Å². The van der Waals surface area contributed by atoms with Crippen LogP contribution in [0, 0.1) is 5.92 Å². The lowest BCUT2D eigenvalue weighted by molar-refractivity contribution is -0.0586. The first-order valence-corrected chi connectivity index (χ1v) is 14.2. The smallest absolute Gasteiger partial charge is 0.336 e. The lowest BCUT2D eigenvalue weighted by Crippen LogP contribution is -2.29. The number of carbonyl (C=O) groups is 2. The molecule has 5 atom stereocenters. The van der Waals surface area contributed by atoms with E-state index in [0.29, 0.717) is 42.1 Å². The summed E-state index contributed by atoms with van der Waals surface area (Å²) in [5.74, 6) is -0.724. The Labute approximate surface area is 247 Å². The first kappa shape index (κ1) is 28.5. The number of rotatable bonds is 10. The Kier molecular flexibility index (Phi) is 8.40. The highest BCUT2D eigenvalue weighted by Gasteiger charge is 2.52. The molecule has 43 heavy (non-hydrogen) atoms. The number of nitrogens with zero attached hydrogens (tertiary/aromatic N) is 4. The molecule has 12 nitrogen and oxygen atoms in total. The maximum Gasteiger partial charge on any atom is 0.336 e. The van der Waals surface area contributed by atoms with Gasteiger partial charge in [0.05, 0.1) is 37.3 Å². The molecule has 0 bridgehead atoms. The summed E-state index contributed by atoms with van der Waals surface area (Å²) in [5.41, 5.74) is 2.89. The molecule has 2 amide bonds. The minimum atomic E-state index is -0.990. The highest BCUT2D eigenvalue weighted by molar-refractivity contribution is 5.95. The SMILES string of the molecule is CCNC(=O)Nc1ncnc2c1ncn2C1CC(COCc2ccccc2C(=O)O)[C@H]2O[C@@H](C=Cc3ccccc3)OC12. The number of carboxylic acids is 1. The van der Waals surface area contributed by atoms with Crippen molar-refractivity contribution in [2.75, 3.05) is 18.5 Å². The van der Waals surface area contributed by atoms with Gasteiger partial charge in [0.15, 0.2) is 23.3 Å². The van der Waals surface area contributed by atoms with Crippen LogP contribution in [0.1, 0.15) is 40.9 Å². The van der Waals surface area contributed by atoms with E-state index < -0.39 is 12.3 Å². The van der Waals surface area contributed by atoms with Gasteiger partial charge in [0.2, 0.25) is 0 Å². The van der Waals surface area contributed by atoms with Crippen molar-refractivity contribution >= 4 is 35.1 Å². The number of nitrogens with one attached hydrogen (secondary N) is 2. The Hall–Kier alpha value is -4.65. The third-order valence-electron chi connectivity index (χ3n) is 7.66. The number of ether oxygens (including phenoxy) is 3. The van der Waals surface area contributed by atoms with Gasteiger partial charge in [0.25, 0.3) is 0 Å². The molecule has 2 aromatic heterocycles. The lowest BCUT2D eigenvalue weighted by Gasteiger charge is -2.19. The van der Waals surface area contributed by atoms with E-state index in [9.17, 15) is 14.7 Å². The summed E-state index contributed by atoms with van der Waals surface area (Å²) in [7, 11) is 0. The van der Waals surface area contributed by atoms with Gasteiger partial charge in [-0.1, -0.05) is 54.6 Å². The highest BCUT2D eigenvalue weighted by Crippen LogP contribution is 2.45. The molecular formula is C31H32N6O6. The summed E-state index contributed by atoms with van der Waals surface area (Å²) < 4.78 is 20.9. The van der Waals surface area contributed by atoms with Gasteiger partial charge in [-0.15, -0.1) is 0 Å². The van der Waals surface area contributed by atoms with Gasteiger partial charge in [-0.3, -0.25) is 5.32 Å². The second-order valence-electron chi connectivity index (χ2n) is 10.4. The Morgan fingerprint density at radius 1 is 1.07 bits per heavy atom. The van der Waals surface area contributed by atoms with Crippen molar-refractivity contribution in [3.05, 3.63) is 90.0 Å². The number of amides is 2. The molecule has 12 heteroatoms. The molecule has 2 fully saturated rings. The van der Waals surface area contributed by atoms with Crippen molar-refractivity contribution in [1.82, 2.24) is 24.8 Å². The first-order valence-electron chi connectivity index (χ1n) is 14.2. The number of carboxylic acid groups (broad SMARTS) is 1. The van der Waals surface area contributed by atoms with Gasteiger partial charge >= 0.3 is 12.0 Å². The van der Waals surface area contributed by atoms with Gasteiger partial charge in [0, 0.05) is 12.5 Å². The molecule has 4 aromatic rings. The maximum absolute atomic E-state index is 12.2. The zero-order valence-electron chi connectivity index (χ0n) is 23.5. The molecule has 0 radical (unpaired) electrons. The minimum Gasteiger partial charge on any atom is -0.478 e. The summed E-state index contributed by atoms with van der Waals surface area (Å²) in [6.07, 6.45) is 6.43. The number of imidazole rings is 1. The quantitative estimate of drug-likeness (QED) is 0.248. The van der Waals surface area contributed by atoms with Crippen molar-refractivity contribution < 1.29 is 28.9 Å². The van der Waals surface area contributed by atoms with E-state index in [2.05, 4.69) is 25.6 Å². The van der Waals surface area contributed by atoms with Crippen molar-refractivity contribution in [2.45, 2.75) is 44.5 Å². The van der Waals surface area contributed by atoms with E-state index in [4.69, 9.17) is 14.2 Å². The van der Waals surface area contributed by atoms with E-state index in [0.717, 1.165) is 5.56 Å². The molecular weight excluding hydrogens is 552 g/mol. The lowest BCUT2D eigenvalue weighted by atomic mass is 10.1. The Morgan fingerprint density at radius 2 is 1.86 bits per heavy atom. The number of carbonyl (C=O) groups excluding carboxylic acids is 1. The summed E-state index contributed by atoms with van der Waals surface area (Å²) in [5, 5.41) is 15.0. The average Bonchev–Trinajstić information content (AvgIpc) is 3.72. The zero-order valence-corrected chi connectivity index (χ0v) is 23.5. The fourth-order valence-corrected chi connectivity index (χ4v) is 5.72.